The predicted molar refractivity (Wildman–Crippen MR) is 56.6 cm³/mol. The van der Waals surface area contributed by atoms with Crippen molar-refractivity contribution in [2.45, 2.75) is 19.2 Å². The Labute approximate surface area is 83.8 Å². The number of carbonyl (C=O) groups excluding carboxylic acids is 1. The van der Waals surface area contributed by atoms with Gasteiger partial charge in [-0.3, -0.25) is 9.69 Å². The molecule has 0 saturated carbocycles. The average Bonchev–Trinajstić information content (AvgIpc) is 2.14. The summed E-state index contributed by atoms with van der Waals surface area (Å²) in [5.74, 6) is 0. The van der Waals surface area contributed by atoms with Crippen LogP contribution in [0.15, 0.2) is 11.0 Å². The van der Waals surface area contributed by atoms with Crippen LogP contribution in [0.25, 0.3) is 0 Å². The molecule has 0 spiro atoms. The fourth-order valence-electron chi connectivity index (χ4n) is 0.790. The highest BCUT2D eigenvalue weighted by Crippen LogP contribution is 2.21. The van der Waals surface area contributed by atoms with Gasteiger partial charge in [-0.1, -0.05) is 6.08 Å². The fraction of sp³-hybridized carbons (Fsp3) is 0.667. The van der Waals surface area contributed by atoms with Crippen molar-refractivity contribution in [3.05, 3.63) is 11.0 Å². The first-order valence-electron chi connectivity index (χ1n) is 4.25. The Bertz CT molecular complexity index is 182. The summed E-state index contributed by atoms with van der Waals surface area (Å²) in [7, 11) is 1.92. The molecule has 0 aliphatic carbocycles. The van der Waals surface area contributed by atoms with Gasteiger partial charge in [-0.25, -0.2) is 0 Å². The molecule has 0 aliphatic heterocycles. The van der Waals surface area contributed by atoms with Gasteiger partial charge in [0.2, 0.25) is 0 Å². The molecule has 0 amide bonds. The molecule has 0 aromatic carbocycles. The van der Waals surface area contributed by atoms with Gasteiger partial charge in [0, 0.05) is 11.4 Å². The third kappa shape index (κ3) is 5.08. The number of hydrogen-bond acceptors (Lipinski definition) is 4. The van der Waals surface area contributed by atoms with E-state index in [2.05, 4.69) is 0 Å². The molecule has 0 bridgehead atoms. The molecule has 0 saturated heterocycles. The maximum Gasteiger partial charge on any atom is 0.156 e. The third-order valence-electron chi connectivity index (χ3n) is 1.78. The minimum atomic E-state index is 0.146. The minimum Gasteiger partial charge on any atom is -0.395 e. The van der Waals surface area contributed by atoms with E-state index < -0.39 is 0 Å². The Morgan fingerprint density at radius 2 is 2.31 bits per heavy atom. The van der Waals surface area contributed by atoms with E-state index in [1.807, 2.05) is 25.8 Å². The second-order valence-corrected chi connectivity index (χ2v) is 4.12. The van der Waals surface area contributed by atoms with Crippen molar-refractivity contribution in [2.24, 2.45) is 0 Å². The molecule has 1 N–H and O–H groups in total. The minimum absolute atomic E-state index is 0.146. The lowest BCUT2D eigenvalue weighted by Gasteiger charge is -2.22. The molecule has 0 rings (SSSR count). The van der Waals surface area contributed by atoms with Crippen molar-refractivity contribution < 1.29 is 9.90 Å². The Kier molecular flexibility index (Phi) is 6.94. The molecule has 1 unspecified atom stereocenters. The molecule has 0 aromatic heterocycles. The number of hydrogen-bond donors (Lipinski definition) is 1. The highest BCUT2D eigenvalue weighted by atomic mass is 32.2. The maximum absolute atomic E-state index is 10.5. The second-order valence-electron chi connectivity index (χ2n) is 2.73. The Morgan fingerprint density at radius 3 is 2.69 bits per heavy atom. The number of likely N-dealkylation sites (N-methyl/N-ethyl adjacent to an activating group) is 1. The highest BCUT2D eigenvalue weighted by Gasteiger charge is 2.10. The number of nitrogens with zero attached hydrogens (tertiary/aromatic N) is 1. The maximum atomic E-state index is 10.5. The highest BCUT2D eigenvalue weighted by molar-refractivity contribution is 8.04. The lowest BCUT2D eigenvalue weighted by molar-refractivity contribution is -0.104. The molecule has 0 radical (unpaired) electrons. The van der Waals surface area contributed by atoms with Gasteiger partial charge in [0.25, 0.3) is 0 Å². The van der Waals surface area contributed by atoms with Crippen LogP contribution in [0.4, 0.5) is 0 Å². The number of thioether (sulfide) groups is 1. The third-order valence-corrected chi connectivity index (χ3v) is 3.09. The Morgan fingerprint density at radius 1 is 1.69 bits per heavy atom. The van der Waals surface area contributed by atoms with E-state index in [4.69, 9.17) is 5.11 Å². The van der Waals surface area contributed by atoms with E-state index in [0.717, 1.165) is 11.2 Å². The lowest BCUT2D eigenvalue weighted by Crippen LogP contribution is -2.29. The number of aliphatic hydroxyl groups is 1. The van der Waals surface area contributed by atoms with Crippen LogP contribution in [-0.4, -0.2) is 41.9 Å². The Balaban J connectivity index is 3.97. The number of aldehydes is 1. The van der Waals surface area contributed by atoms with Crippen molar-refractivity contribution >= 4 is 18.0 Å². The summed E-state index contributed by atoms with van der Waals surface area (Å²) in [6.07, 6.45) is 2.65. The van der Waals surface area contributed by atoms with Crippen molar-refractivity contribution in [3.63, 3.8) is 0 Å². The molecule has 0 fully saturated rings. The number of allylic oxidation sites excluding steroid dienone is 2. The molecule has 13 heavy (non-hydrogen) atoms. The normalized spacial score (nSPS) is 14.7. The van der Waals surface area contributed by atoms with Gasteiger partial charge in [0.05, 0.1) is 12.0 Å². The van der Waals surface area contributed by atoms with Gasteiger partial charge >= 0.3 is 0 Å². The summed E-state index contributed by atoms with van der Waals surface area (Å²) in [4.78, 5) is 13.2. The summed E-state index contributed by atoms with van der Waals surface area (Å²) in [6, 6.07) is 0. The molecule has 0 aromatic rings. The van der Waals surface area contributed by atoms with Crippen LogP contribution in [0.3, 0.4) is 0 Å². The standard InChI is InChI=1S/C9H17NO2S/c1-4-9(7-12)13-8(2)10(3)5-6-11/h4,7-8,11H,5-6H2,1-3H3/b9-4-. The first-order valence-corrected chi connectivity index (χ1v) is 5.13. The zero-order valence-corrected chi connectivity index (χ0v) is 9.17. The fourth-order valence-corrected chi connectivity index (χ4v) is 1.66. The van der Waals surface area contributed by atoms with E-state index in [-0.39, 0.29) is 12.0 Å². The van der Waals surface area contributed by atoms with Crippen LogP contribution >= 0.6 is 11.8 Å². The van der Waals surface area contributed by atoms with Crippen LogP contribution in [0.5, 0.6) is 0 Å². The quantitative estimate of drug-likeness (QED) is 0.398. The van der Waals surface area contributed by atoms with Crippen molar-refractivity contribution in [1.29, 1.82) is 0 Å². The molecular formula is C9H17NO2S. The van der Waals surface area contributed by atoms with E-state index in [1.54, 1.807) is 6.08 Å². The number of aliphatic hydroxyl groups excluding tert-OH is 1. The first kappa shape index (κ1) is 12.7. The van der Waals surface area contributed by atoms with Crippen LogP contribution < -0.4 is 0 Å². The molecular weight excluding hydrogens is 186 g/mol. The largest absolute Gasteiger partial charge is 0.395 e. The Hall–Kier alpha value is -0.320. The zero-order chi connectivity index (χ0) is 10.3. The molecule has 1 atom stereocenters. The van der Waals surface area contributed by atoms with Gasteiger partial charge in [-0.15, -0.1) is 11.8 Å². The van der Waals surface area contributed by atoms with Crippen molar-refractivity contribution in [1.82, 2.24) is 4.90 Å². The van der Waals surface area contributed by atoms with Crippen molar-refractivity contribution in [2.75, 3.05) is 20.2 Å². The summed E-state index contributed by atoms with van der Waals surface area (Å²) < 4.78 is 0. The summed E-state index contributed by atoms with van der Waals surface area (Å²) in [5, 5.41) is 8.91. The SMILES string of the molecule is C/C=C(/C=O)SC(C)N(C)CCO. The predicted octanol–water partition coefficient (Wildman–Crippen LogP) is 1.09. The van der Waals surface area contributed by atoms with E-state index >= 15 is 0 Å². The molecule has 4 heteroatoms. The van der Waals surface area contributed by atoms with Gasteiger partial charge in [-0.05, 0) is 20.9 Å². The van der Waals surface area contributed by atoms with E-state index in [1.165, 1.54) is 11.8 Å². The monoisotopic (exact) mass is 203 g/mol. The summed E-state index contributed by atoms with van der Waals surface area (Å²) in [6.45, 7) is 4.63. The molecule has 76 valence electrons. The van der Waals surface area contributed by atoms with Crippen LogP contribution in [0.2, 0.25) is 0 Å². The van der Waals surface area contributed by atoms with Crippen LogP contribution in [0, 0.1) is 0 Å². The zero-order valence-electron chi connectivity index (χ0n) is 8.36. The van der Waals surface area contributed by atoms with Gasteiger partial charge in [-0.2, -0.15) is 0 Å². The van der Waals surface area contributed by atoms with E-state index in [9.17, 15) is 4.79 Å². The smallest absolute Gasteiger partial charge is 0.156 e. The topological polar surface area (TPSA) is 40.5 Å². The lowest BCUT2D eigenvalue weighted by atomic mass is 10.5. The van der Waals surface area contributed by atoms with Gasteiger partial charge < -0.3 is 5.11 Å². The summed E-state index contributed by atoms with van der Waals surface area (Å²) >= 11 is 1.50. The van der Waals surface area contributed by atoms with Crippen molar-refractivity contribution in [3.8, 4) is 0 Å². The first-order chi connectivity index (χ1) is 6.15. The van der Waals surface area contributed by atoms with Gasteiger partial charge in [0.1, 0.15) is 0 Å². The molecule has 0 heterocycles. The number of carbonyl (C=O) groups is 1. The summed E-state index contributed by atoms with van der Waals surface area (Å²) in [5.41, 5.74) is 0. The van der Waals surface area contributed by atoms with Crippen LogP contribution in [-0.2, 0) is 4.79 Å². The second kappa shape index (κ2) is 7.12. The number of rotatable bonds is 6. The van der Waals surface area contributed by atoms with E-state index in [0.29, 0.717) is 6.54 Å². The molecule has 3 nitrogen and oxygen atoms in total. The van der Waals surface area contributed by atoms with Crippen LogP contribution in [0.1, 0.15) is 13.8 Å². The van der Waals surface area contributed by atoms with Gasteiger partial charge in [0.15, 0.2) is 6.29 Å². The molecule has 0 aliphatic rings. The average molecular weight is 203 g/mol.